The van der Waals surface area contributed by atoms with Gasteiger partial charge in [0.05, 0.1) is 14.2 Å². The molecule has 1 heterocycles. The first-order valence-corrected chi connectivity index (χ1v) is 9.73. The second-order valence-corrected chi connectivity index (χ2v) is 7.12. The molecule has 0 spiro atoms. The molecule has 148 valence electrons. The second kappa shape index (κ2) is 9.30. The Hall–Kier alpha value is -3.24. The van der Waals surface area contributed by atoms with Gasteiger partial charge in [0.1, 0.15) is 11.6 Å². The highest BCUT2D eigenvalue weighted by Gasteiger charge is 2.13. The number of nitriles is 1. The fraction of sp³-hybridized carbons (Fsp3) is 0.182. The molecule has 0 fully saturated rings. The first-order chi connectivity index (χ1) is 14.1. The van der Waals surface area contributed by atoms with Gasteiger partial charge in [0.15, 0.2) is 11.5 Å². The normalized spacial score (nSPS) is 11.2. The highest BCUT2D eigenvalue weighted by Crippen LogP contribution is 2.34. The number of carbonyl (C=O) groups excluding carboxylic acids is 1. The van der Waals surface area contributed by atoms with Crippen molar-refractivity contribution < 1.29 is 14.3 Å². The van der Waals surface area contributed by atoms with Gasteiger partial charge in [-0.2, -0.15) is 5.26 Å². The lowest BCUT2D eigenvalue weighted by atomic mass is 10.1. The second-order valence-electron chi connectivity index (χ2n) is 6.26. The van der Waals surface area contributed by atoms with Crippen molar-refractivity contribution in [3.63, 3.8) is 0 Å². The summed E-state index contributed by atoms with van der Waals surface area (Å²) in [7, 11) is 3.07. The van der Waals surface area contributed by atoms with E-state index >= 15 is 0 Å². The quantitative estimate of drug-likeness (QED) is 0.414. The highest BCUT2D eigenvalue weighted by atomic mass is 79.9. The monoisotopic (exact) mass is 453 g/mol. The van der Waals surface area contributed by atoms with E-state index in [9.17, 15) is 10.1 Å². The molecule has 29 heavy (non-hydrogen) atoms. The number of benzene rings is 2. The molecule has 3 aromatic rings. The summed E-state index contributed by atoms with van der Waals surface area (Å²) in [4.78, 5) is 15.7. The largest absolute Gasteiger partial charge is 0.493 e. The number of para-hydroxylation sites is 1. The number of hydrogen-bond donors (Lipinski definition) is 2. The smallest absolute Gasteiger partial charge is 0.261 e. The molecule has 2 aromatic carbocycles. The van der Waals surface area contributed by atoms with Crippen LogP contribution in [0.15, 0.2) is 52.6 Å². The van der Waals surface area contributed by atoms with Gasteiger partial charge in [-0.25, -0.2) is 0 Å². The maximum Gasteiger partial charge on any atom is 0.261 e. The summed E-state index contributed by atoms with van der Waals surface area (Å²) in [6.45, 7) is 0.423. The number of halogens is 1. The minimum absolute atomic E-state index is 0.0110. The predicted molar refractivity (Wildman–Crippen MR) is 116 cm³/mol. The Morgan fingerprint density at radius 2 is 1.97 bits per heavy atom. The van der Waals surface area contributed by atoms with E-state index in [1.54, 1.807) is 19.2 Å². The lowest BCUT2D eigenvalue weighted by Gasteiger charge is -2.10. The molecular formula is C22H20BrN3O3. The molecule has 0 radical (unpaired) electrons. The Balaban J connectivity index is 1.71. The number of amides is 1. The molecule has 0 unspecified atom stereocenters. The lowest BCUT2D eigenvalue weighted by molar-refractivity contribution is -0.117. The van der Waals surface area contributed by atoms with E-state index in [0.29, 0.717) is 34.5 Å². The van der Waals surface area contributed by atoms with Gasteiger partial charge in [0.2, 0.25) is 0 Å². The standard InChI is InChI=1S/C22H20BrN3O3/c1-28-20-10-15(18(23)11-21(20)29-2)9-16(12-24)22(27)25-8-7-14-13-26-19-6-4-3-5-17(14)19/h3-6,9-11,13,26H,7-8H2,1-2H3,(H,25,27)/b16-9-. The highest BCUT2D eigenvalue weighted by molar-refractivity contribution is 9.10. The third-order valence-corrected chi connectivity index (χ3v) is 5.21. The molecule has 3 rings (SSSR count). The summed E-state index contributed by atoms with van der Waals surface area (Å²) in [6, 6.07) is 13.4. The Bertz CT molecular complexity index is 1110. The van der Waals surface area contributed by atoms with Gasteiger partial charge in [0, 0.05) is 28.1 Å². The van der Waals surface area contributed by atoms with Crippen molar-refractivity contribution in [2.75, 3.05) is 20.8 Å². The van der Waals surface area contributed by atoms with E-state index in [0.717, 1.165) is 16.5 Å². The molecule has 7 heteroatoms. The number of aromatic nitrogens is 1. The number of nitrogens with one attached hydrogen (secondary N) is 2. The van der Waals surface area contributed by atoms with E-state index in [1.165, 1.54) is 13.2 Å². The zero-order valence-electron chi connectivity index (χ0n) is 16.1. The number of aromatic amines is 1. The van der Waals surface area contributed by atoms with Crippen LogP contribution in [-0.2, 0) is 11.2 Å². The summed E-state index contributed by atoms with van der Waals surface area (Å²) in [5.41, 5.74) is 2.83. The molecule has 6 nitrogen and oxygen atoms in total. The number of methoxy groups -OCH3 is 2. The topological polar surface area (TPSA) is 87.1 Å². The first-order valence-electron chi connectivity index (χ1n) is 8.94. The minimum Gasteiger partial charge on any atom is -0.493 e. The molecular weight excluding hydrogens is 434 g/mol. The maximum absolute atomic E-state index is 12.5. The number of ether oxygens (including phenoxy) is 2. The Morgan fingerprint density at radius 1 is 1.24 bits per heavy atom. The third-order valence-electron chi connectivity index (χ3n) is 4.52. The van der Waals surface area contributed by atoms with Crippen molar-refractivity contribution in [3.8, 4) is 17.6 Å². The minimum atomic E-state index is -0.422. The number of nitrogens with zero attached hydrogens (tertiary/aromatic N) is 1. The average Bonchev–Trinajstić information content (AvgIpc) is 3.15. The molecule has 0 saturated carbocycles. The van der Waals surface area contributed by atoms with Crippen molar-refractivity contribution in [2.45, 2.75) is 6.42 Å². The first kappa shape index (κ1) is 20.5. The van der Waals surface area contributed by atoms with Gasteiger partial charge in [-0.05, 0) is 41.8 Å². The molecule has 0 atom stereocenters. The van der Waals surface area contributed by atoms with Crippen LogP contribution < -0.4 is 14.8 Å². The van der Waals surface area contributed by atoms with Crippen LogP contribution in [0, 0.1) is 11.3 Å². The zero-order chi connectivity index (χ0) is 20.8. The van der Waals surface area contributed by atoms with Gasteiger partial charge in [0.25, 0.3) is 5.91 Å². The fourth-order valence-corrected chi connectivity index (χ4v) is 3.47. The van der Waals surface area contributed by atoms with Crippen LogP contribution in [0.25, 0.3) is 17.0 Å². The fourth-order valence-electron chi connectivity index (χ4n) is 3.03. The van der Waals surface area contributed by atoms with Crippen LogP contribution in [0.3, 0.4) is 0 Å². The Morgan fingerprint density at radius 3 is 2.69 bits per heavy atom. The number of H-pyrrole nitrogens is 1. The molecule has 0 aliphatic rings. The number of hydrogen-bond acceptors (Lipinski definition) is 4. The maximum atomic E-state index is 12.5. The van der Waals surface area contributed by atoms with E-state index in [2.05, 4.69) is 26.2 Å². The molecule has 0 aliphatic heterocycles. The molecule has 1 aromatic heterocycles. The van der Waals surface area contributed by atoms with E-state index in [1.807, 2.05) is 36.5 Å². The van der Waals surface area contributed by atoms with Crippen molar-refractivity contribution in [2.24, 2.45) is 0 Å². The summed E-state index contributed by atoms with van der Waals surface area (Å²) in [5, 5.41) is 13.4. The summed E-state index contributed by atoms with van der Waals surface area (Å²) in [5.74, 6) is 0.645. The summed E-state index contributed by atoms with van der Waals surface area (Å²) < 4.78 is 11.2. The predicted octanol–water partition coefficient (Wildman–Crippen LogP) is 4.21. The number of fused-ring (bicyclic) bond motifs is 1. The molecule has 1 amide bonds. The van der Waals surface area contributed by atoms with Crippen LogP contribution in [0.1, 0.15) is 11.1 Å². The van der Waals surface area contributed by atoms with Crippen molar-refractivity contribution in [3.05, 3.63) is 63.8 Å². The number of carbonyl (C=O) groups is 1. The third kappa shape index (κ3) is 4.61. The molecule has 0 aliphatic carbocycles. The van der Waals surface area contributed by atoms with Crippen molar-refractivity contribution >= 4 is 38.8 Å². The zero-order valence-corrected chi connectivity index (χ0v) is 17.7. The Kier molecular flexibility index (Phi) is 6.57. The van der Waals surface area contributed by atoms with Crippen LogP contribution in [0.4, 0.5) is 0 Å². The number of rotatable bonds is 7. The summed E-state index contributed by atoms with van der Waals surface area (Å²) in [6.07, 6.45) is 4.13. The van der Waals surface area contributed by atoms with E-state index < -0.39 is 5.91 Å². The van der Waals surface area contributed by atoms with Crippen molar-refractivity contribution in [1.82, 2.24) is 10.3 Å². The van der Waals surface area contributed by atoms with E-state index in [4.69, 9.17) is 9.47 Å². The van der Waals surface area contributed by atoms with Gasteiger partial charge < -0.3 is 19.8 Å². The summed E-state index contributed by atoms with van der Waals surface area (Å²) >= 11 is 3.44. The Labute approximate surface area is 177 Å². The molecule has 2 N–H and O–H groups in total. The lowest BCUT2D eigenvalue weighted by Crippen LogP contribution is -2.26. The van der Waals surface area contributed by atoms with Gasteiger partial charge >= 0.3 is 0 Å². The molecule has 0 saturated heterocycles. The van der Waals surface area contributed by atoms with Gasteiger partial charge in [-0.3, -0.25) is 4.79 Å². The van der Waals surface area contributed by atoms with Gasteiger partial charge in [-0.1, -0.05) is 34.1 Å². The van der Waals surface area contributed by atoms with Crippen LogP contribution in [0.5, 0.6) is 11.5 Å². The van der Waals surface area contributed by atoms with Crippen molar-refractivity contribution in [1.29, 1.82) is 5.26 Å². The molecule has 0 bridgehead atoms. The van der Waals surface area contributed by atoms with Crippen LogP contribution >= 0.6 is 15.9 Å². The SMILES string of the molecule is COc1cc(Br)c(/C=C(/C#N)C(=O)NCCc2c[nH]c3ccccc23)cc1OC. The van der Waals surface area contributed by atoms with E-state index in [-0.39, 0.29) is 5.57 Å². The van der Waals surface area contributed by atoms with Crippen LogP contribution in [0.2, 0.25) is 0 Å². The van der Waals surface area contributed by atoms with Gasteiger partial charge in [-0.15, -0.1) is 0 Å². The average molecular weight is 454 g/mol. The van der Waals surface area contributed by atoms with Crippen LogP contribution in [-0.4, -0.2) is 31.7 Å².